The first-order valence-electron chi connectivity index (χ1n) is 4.04. The van der Waals surface area contributed by atoms with E-state index in [0.29, 0.717) is 0 Å². The van der Waals surface area contributed by atoms with E-state index in [-0.39, 0.29) is 0 Å². The highest BCUT2D eigenvalue weighted by atomic mass is 16.4. The van der Waals surface area contributed by atoms with Gasteiger partial charge in [0.25, 0.3) is 0 Å². The molecule has 1 rings (SSSR count). The number of nitrogens with zero attached hydrogens (tertiary/aromatic N) is 1. The number of rotatable bonds is 3. The van der Waals surface area contributed by atoms with Gasteiger partial charge in [0.1, 0.15) is 5.82 Å². The number of nitrogens with one attached hydrogen (secondary N) is 1. The smallest absolute Gasteiger partial charge is 0.327 e. The maximum Gasteiger partial charge on any atom is 0.327 e. The highest BCUT2D eigenvalue weighted by Gasteiger charge is 1.87. The lowest BCUT2D eigenvalue weighted by molar-refractivity contribution is -0.131. The van der Waals surface area contributed by atoms with Gasteiger partial charge in [-0.05, 0) is 6.42 Å². The molecule has 0 saturated heterocycles. The van der Waals surface area contributed by atoms with Crippen LogP contribution in [-0.4, -0.2) is 21.0 Å². The van der Waals surface area contributed by atoms with Crippen molar-refractivity contribution < 1.29 is 9.90 Å². The summed E-state index contributed by atoms with van der Waals surface area (Å²) in [5, 5.41) is 7.60. The first kappa shape index (κ1) is 11.4. The molecule has 0 atom stereocenters. The van der Waals surface area contributed by atoms with E-state index in [9.17, 15) is 4.79 Å². The highest BCUT2D eigenvalue weighted by molar-refractivity contribution is 5.78. The number of aromatic nitrogens is 2. The minimum atomic E-state index is -0.981. The van der Waals surface area contributed by atoms with Gasteiger partial charge in [-0.3, -0.25) is 0 Å². The molecule has 0 aliphatic rings. The van der Waals surface area contributed by atoms with E-state index in [0.717, 1.165) is 24.7 Å². The second-order valence-corrected chi connectivity index (χ2v) is 2.33. The van der Waals surface area contributed by atoms with Gasteiger partial charge in [-0.25, -0.2) is 9.78 Å². The SMILES string of the molecule is C=CC(=O)O.CCCc1ncc[nH]1. The van der Waals surface area contributed by atoms with Crippen LogP contribution < -0.4 is 0 Å². The molecular weight excluding hydrogens is 168 g/mol. The fourth-order valence-electron chi connectivity index (χ4n) is 0.671. The number of H-pyrrole nitrogens is 1. The number of carbonyl (C=O) groups is 1. The predicted molar refractivity (Wildman–Crippen MR) is 50.4 cm³/mol. The van der Waals surface area contributed by atoms with Crippen molar-refractivity contribution in [1.82, 2.24) is 9.97 Å². The fourth-order valence-corrected chi connectivity index (χ4v) is 0.671. The van der Waals surface area contributed by atoms with Crippen LogP contribution in [0.3, 0.4) is 0 Å². The van der Waals surface area contributed by atoms with Crippen molar-refractivity contribution in [2.75, 3.05) is 0 Å². The van der Waals surface area contributed by atoms with Gasteiger partial charge in [0.2, 0.25) is 0 Å². The van der Waals surface area contributed by atoms with Crippen LogP contribution in [-0.2, 0) is 11.2 Å². The minimum Gasteiger partial charge on any atom is -0.478 e. The normalized spacial score (nSPS) is 8.38. The molecule has 0 bridgehead atoms. The van der Waals surface area contributed by atoms with Crippen molar-refractivity contribution in [2.45, 2.75) is 19.8 Å². The molecule has 0 radical (unpaired) electrons. The first-order chi connectivity index (χ1) is 6.20. The molecule has 72 valence electrons. The van der Waals surface area contributed by atoms with Crippen LogP contribution >= 0.6 is 0 Å². The molecule has 0 aliphatic heterocycles. The number of aromatic amines is 1. The van der Waals surface area contributed by atoms with Gasteiger partial charge in [-0.1, -0.05) is 13.5 Å². The van der Waals surface area contributed by atoms with Gasteiger partial charge in [0.15, 0.2) is 0 Å². The number of hydrogen-bond donors (Lipinski definition) is 2. The van der Waals surface area contributed by atoms with Crippen LogP contribution in [0.2, 0.25) is 0 Å². The maximum atomic E-state index is 9.25. The molecule has 13 heavy (non-hydrogen) atoms. The average molecular weight is 182 g/mol. The Hall–Kier alpha value is -1.58. The van der Waals surface area contributed by atoms with Gasteiger partial charge in [-0.2, -0.15) is 0 Å². The second kappa shape index (κ2) is 7.09. The molecule has 1 aromatic heterocycles. The van der Waals surface area contributed by atoms with Gasteiger partial charge in [-0.15, -0.1) is 0 Å². The van der Waals surface area contributed by atoms with Crippen molar-refractivity contribution in [2.24, 2.45) is 0 Å². The lowest BCUT2D eigenvalue weighted by Gasteiger charge is -1.85. The molecule has 1 heterocycles. The molecule has 4 nitrogen and oxygen atoms in total. The van der Waals surface area contributed by atoms with Gasteiger partial charge in [0.05, 0.1) is 0 Å². The van der Waals surface area contributed by atoms with Crippen LogP contribution in [0, 0.1) is 0 Å². The third kappa shape index (κ3) is 6.80. The summed E-state index contributed by atoms with van der Waals surface area (Å²) in [4.78, 5) is 16.3. The van der Waals surface area contributed by atoms with E-state index >= 15 is 0 Å². The summed E-state index contributed by atoms with van der Waals surface area (Å²) in [6.07, 6.45) is 6.69. The zero-order chi connectivity index (χ0) is 10.1. The highest BCUT2D eigenvalue weighted by Crippen LogP contribution is 1.91. The molecule has 0 fully saturated rings. The molecule has 0 aromatic carbocycles. The van der Waals surface area contributed by atoms with Gasteiger partial charge in [0, 0.05) is 24.9 Å². The summed E-state index contributed by atoms with van der Waals surface area (Å²) in [5.41, 5.74) is 0. The summed E-state index contributed by atoms with van der Waals surface area (Å²) in [6.45, 7) is 5.10. The molecule has 4 heteroatoms. The summed E-state index contributed by atoms with van der Waals surface area (Å²) in [5.74, 6) is 0.109. The quantitative estimate of drug-likeness (QED) is 0.698. The van der Waals surface area contributed by atoms with Gasteiger partial charge >= 0.3 is 5.97 Å². The zero-order valence-corrected chi connectivity index (χ0v) is 7.66. The Morgan fingerprint density at radius 3 is 2.77 bits per heavy atom. The topological polar surface area (TPSA) is 66.0 Å². The lowest BCUT2D eigenvalue weighted by atomic mass is 10.3. The summed E-state index contributed by atoms with van der Waals surface area (Å²) in [7, 11) is 0. The van der Waals surface area contributed by atoms with Crippen molar-refractivity contribution in [3.05, 3.63) is 30.9 Å². The molecule has 0 amide bonds. The third-order valence-electron chi connectivity index (χ3n) is 1.22. The van der Waals surface area contributed by atoms with Crippen LogP contribution in [0.4, 0.5) is 0 Å². The number of aryl methyl sites for hydroxylation is 1. The first-order valence-corrected chi connectivity index (χ1v) is 4.04. The Kier molecular flexibility index (Phi) is 6.23. The standard InChI is InChI=1S/C6H10N2.C3H4O2/c1-2-3-6-7-4-5-8-6;1-2-3(4)5/h4-5H,2-3H2,1H3,(H,7,8);2H,1H2,(H,4,5). The molecule has 2 N–H and O–H groups in total. The van der Waals surface area contributed by atoms with Crippen molar-refractivity contribution in [3.8, 4) is 0 Å². The average Bonchev–Trinajstić information content (AvgIpc) is 2.59. The maximum absolute atomic E-state index is 9.25. The van der Waals surface area contributed by atoms with E-state index < -0.39 is 5.97 Å². The molecule has 1 aromatic rings. The number of imidazole rings is 1. The lowest BCUT2D eigenvalue weighted by Crippen LogP contribution is -1.83. The Balaban J connectivity index is 0.000000252. The van der Waals surface area contributed by atoms with Crippen LogP contribution in [0.1, 0.15) is 19.2 Å². The van der Waals surface area contributed by atoms with Crippen molar-refractivity contribution >= 4 is 5.97 Å². The molecule has 0 saturated carbocycles. The molecule has 0 aliphatic carbocycles. The summed E-state index contributed by atoms with van der Waals surface area (Å²) >= 11 is 0. The molecular formula is C9H14N2O2. The molecule has 0 unspecified atom stereocenters. The largest absolute Gasteiger partial charge is 0.478 e. The Labute approximate surface area is 77.3 Å². The predicted octanol–water partition coefficient (Wildman–Crippen LogP) is 1.62. The summed E-state index contributed by atoms with van der Waals surface area (Å²) in [6, 6.07) is 0. The number of carboxylic acids is 1. The second-order valence-electron chi connectivity index (χ2n) is 2.33. The van der Waals surface area contributed by atoms with E-state index in [1.54, 1.807) is 6.20 Å². The summed E-state index contributed by atoms with van der Waals surface area (Å²) < 4.78 is 0. The Morgan fingerprint density at radius 2 is 2.46 bits per heavy atom. The Bertz CT molecular complexity index is 242. The van der Waals surface area contributed by atoms with Crippen LogP contribution in [0.25, 0.3) is 0 Å². The third-order valence-corrected chi connectivity index (χ3v) is 1.22. The van der Waals surface area contributed by atoms with Crippen molar-refractivity contribution in [1.29, 1.82) is 0 Å². The fraction of sp³-hybridized carbons (Fsp3) is 0.333. The zero-order valence-electron chi connectivity index (χ0n) is 7.66. The monoisotopic (exact) mass is 182 g/mol. The van der Waals surface area contributed by atoms with E-state index in [1.165, 1.54) is 0 Å². The minimum absolute atomic E-state index is 0.833. The number of hydrogen-bond acceptors (Lipinski definition) is 2. The number of carboxylic acid groups (broad SMARTS) is 1. The van der Waals surface area contributed by atoms with Crippen molar-refractivity contribution in [3.63, 3.8) is 0 Å². The van der Waals surface area contributed by atoms with E-state index in [4.69, 9.17) is 5.11 Å². The number of aliphatic carboxylic acids is 1. The molecule has 0 spiro atoms. The van der Waals surface area contributed by atoms with E-state index in [2.05, 4.69) is 23.5 Å². The van der Waals surface area contributed by atoms with Crippen LogP contribution in [0.5, 0.6) is 0 Å². The van der Waals surface area contributed by atoms with E-state index in [1.807, 2.05) is 6.20 Å². The Morgan fingerprint density at radius 1 is 1.85 bits per heavy atom. The van der Waals surface area contributed by atoms with Crippen LogP contribution in [0.15, 0.2) is 25.0 Å². The van der Waals surface area contributed by atoms with Gasteiger partial charge < -0.3 is 10.1 Å².